The van der Waals surface area contributed by atoms with Gasteiger partial charge in [-0.05, 0) is 24.6 Å². The normalized spacial score (nSPS) is 13.2. The molecule has 2 aromatic rings. The smallest absolute Gasteiger partial charge is 0.176 e. The first kappa shape index (κ1) is 14.1. The van der Waals surface area contributed by atoms with Gasteiger partial charge in [-0.25, -0.2) is 4.98 Å². The van der Waals surface area contributed by atoms with Crippen LogP contribution >= 0.6 is 11.6 Å². The molecule has 0 aliphatic rings. The second-order valence-electron chi connectivity index (χ2n) is 4.43. The minimum atomic E-state index is -0.307. The fraction of sp³-hybridized carbons (Fsp3) is 0.214. The average Bonchev–Trinajstić information content (AvgIpc) is 2.81. The zero-order valence-corrected chi connectivity index (χ0v) is 11.5. The highest BCUT2D eigenvalue weighted by atomic mass is 35.5. The standard InChI is InChI=1S/C14H12ClN5/c1-9(18)14(10-3-2-4-11(15)5-10)20-8-19-12(6-16)13(20)7-17/h2-5,8-9,14H,18H2,1H3. The Bertz CT molecular complexity index is 705. The Morgan fingerprint density at radius 1 is 1.35 bits per heavy atom. The van der Waals surface area contributed by atoms with Crippen LogP contribution in [0.25, 0.3) is 0 Å². The van der Waals surface area contributed by atoms with Gasteiger partial charge in [0.1, 0.15) is 12.1 Å². The molecule has 1 aromatic carbocycles. The molecule has 0 saturated carbocycles. The predicted molar refractivity (Wildman–Crippen MR) is 74.9 cm³/mol. The fourth-order valence-corrected chi connectivity index (χ4v) is 2.37. The highest BCUT2D eigenvalue weighted by molar-refractivity contribution is 6.30. The van der Waals surface area contributed by atoms with E-state index in [9.17, 15) is 5.26 Å². The average molecular weight is 286 g/mol. The molecule has 1 heterocycles. The van der Waals surface area contributed by atoms with Crippen molar-refractivity contribution in [2.45, 2.75) is 19.0 Å². The van der Waals surface area contributed by atoms with E-state index in [0.29, 0.717) is 5.02 Å². The molecule has 2 N–H and O–H groups in total. The van der Waals surface area contributed by atoms with Crippen molar-refractivity contribution < 1.29 is 0 Å². The molecule has 0 aliphatic heterocycles. The first-order valence-corrected chi connectivity index (χ1v) is 6.34. The van der Waals surface area contributed by atoms with Crippen molar-refractivity contribution in [2.75, 3.05) is 0 Å². The van der Waals surface area contributed by atoms with Crippen molar-refractivity contribution in [3.63, 3.8) is 0 Å². The number of benzene rings is 1. The largest absolute Gasteiger partial charge is 0.326 e. The predicted octanol–water partition coefficient (Wildman–Crippen LogP) is 2.22. The summed E-state index contributed by atoms with van der Waals surface area (Å²) in [6.45, 7) is 1.83. The summed E-state index contributed by atoms with van der Waals surface area (Å²) < 4.78 is 1.62. The van der Waals surface area contributed by atoms with Gasteiger partial charge in [-0.3, -0.25) is 0 Å². The van der Waals surface area contributed by atoms with Crippen LogP contribution in [0, 0.1) is 22.7 Å². The number of nitrogens with zero attached hydrogens (tertiary/aromatic N) is 4. The zero-order chi connectivity index (χ0) is 14.7. The van der Waals surface area contributed by atoms with Crippen molar-refractivity contribution in [3.05, 3.63) is 52.6 Å². The van der Waals surface area contributed by atoms with Crippen molar-refractivity contribution in [1.82, 2.24) is 9.55 Å². The molecule has 20 heavy (non-hydrogen) atoms. The number of hydrogen-bond donors (Lipinski definition) is 1. The highest BCUT2D eigenvalue weighted by Gasteiger charge is 2.23. The number of nitrogens with two attached hydrogens (primary N) is 1. The Morgan fingerprint density at radius 3 is 2.65 bits per heavy atom. The van der Waals surface area contributed by atoms with Gasteiger partial charge in [-0.15, -0.1) is 0 Å². The number of halogens is 1. The summed E-state index contributed by atoms with van der Waals surface area (Å²) in [5, 5.41) is 18.8. The van der Waals surface area contributed by atoms with E-state index < -0.39 is 0 Å². The van der Waals surface area contributed by atoms with E-state index in [0.717, 1.165) is 5.56 Å². The lowest BCUT2D eigenvalue weighted by atomic mass is 10.0. The van der Waals surface area contributed by atoms with Crippen molar-refractivity contribution >= 4 is 11.6 Å². The molecule has 1 aromatic heterocycles. The third-order valence-electron chi connectivity index (χ3n) is 2.99. The van der Waals surface area contributed by atoms with Gasteiger partial charge >= 0.3 is 0 Å². The number of aromatic nitrogens is 2. The van der Waals surface area contributed by atoms with Crippen LogP contribution in [0.2, 0.25) is 5.02 Å². The summed E-state index contributed by atoms with van der Waals surface area (Å²) in [5.74, 6) is 0. The molecule has 2 atom stereocenters. The SMILES string of the molecule is CC(N)C(c1cccc(Cl)c1)n1cnc(C#N)c1C#N. The molecule has 2 unspecified atom stereocenters. The second-order valence-corrected chi connectivity index (χ2v) is 4.87. The summed E-state index contributed by atoms with van der Waals surface area (Å²) in [6.07, 6.45) is 1.46. The van der Waals surface area contributed by atoms with Crippen LogP contribution in [0.4, 0.5) is 0 Å². The number of hydrogen-bond acceptors (Lipinski definition) is 4. The van der Waals surface area contributed by atoms with Gasteiger partial charge in [-0.1, -0.05) is 23.7 Å². The van der Waals surface area contributed by atoms with Gasteiger partial charge in [0, 0.05) is 11.1 Å². The molecule has 0 bridgehead atoms. The van der Waals surface area contributed by atoms with Crippen LogP contribution in [-0.2, 0) is 0 Å². The quantitative estimate of drug-likeness (QED) is 0.936. The maximum Gasteiger partial charge on any atom is 0.176 e. The summed E-state index contributed by atoms with van der Waals surface area (Å²) in [5.41, 5.74) is 7.21. The highest BCUT2D eigenvalue weighted by Crippen LogP contribution is 2.26. The molecule has 0 fully saturated rings. The number of imidazole rings is 1. The first-order chi connectivity index (χ1) is 9.58. The van der Waals surface area contributed by atoms with E-state index >= 15 is 0 Å². The molecule has 0 saturated heterocycles. The van der Waals surface area contributed by atoms with E-state index in [-0.39, 0.29) is 23.5 Å². The van der Waals surface area contributed by atoms with E-state index in [1.165, 1.54) is 6.33 Å². The van der Waals surface area contributed by atoms with Crippen molar-refractivity contribution in [2.24, 2.45) is 5.73 Å². The Balaban J connectivity index is 2.59. The third-order valence-corrected chi connectivity index (χ3v) is 3.23. The van der Waals surface area contributed by atoms with E-state index in [2.05, 4.69) is 4.98 Å². The van der Waals surface area contributed by atoms with Crippen LogP contribution < -0.4 is 5.73 Å². The maximum absolute atomic E-state index is 9.22. The molecule has 0 amide bonds. The fourth-order valence-electron chi connectivity index (χ4n) is 2.17. The van der Waals surface area contributed by atoms with Gasteiger partial charge in [0.15, 0.2) is 11.4 Å². The van der Waals surface area contributed by atoms with Crippen LogP contribution in [-0.4, -0.2) is 15.6 Å². The Labute approximate surface area is 121 Å². The molecule has 100 valence electrons. The Kier molecular flexibility index (Phi) is 4.05. The second kappa shape index (κ2) is 5.75. The lowest BCUT2D eigenvalue weighted by molar-refractivity contribution is 0.492. The van der Waals surface area contributed by atoms with Gasteiger partial charge < -0.3 is 10.3 Å². The van der Waals surface area contributed by atoms with E-state index in [1.54, 1.807) is 16.7 Å². The summed E-state index contributed by atoms with van der Waals surface area (Å²) in [7, 11) is 0. The van der Waals surface area contributed by atoms with Crippen LogP contribution in [0.1, 0.15) is 29.9 Å². The van der Waals surface area contributed by atoms with Gasteiger partial charge in [0.05, 0.1) is 12.4 Å². The molecular formula is C14H12ClN5. The lowest BCUT2D eigenvalue weighted by Crippen LogP contribution is -2.30. The Morgan fingerprint density at radius 2 is 2.10 bits per heavy atom. The summed E-state index contributed by atoms with van der Waals surface area (Å²) in [6, 6.07) is 10.6. The van der Waals surface area contributed by atoms with E-state index in [1.807, 2.05) is 31.2 Å². The Hall–Kier alpha value is -2.34. The summed E-state index contributed by atoms with van der Waals surface area (Å²) in [4.78, 5) is 3.95. The molecule has 0 radical (unpaired) electrons. The molecule has 0 aliphatic carbocycles. The number of rotatable bonds is 3. The topological polar surface area (TPSA) is 91.4 Å². The minimum absolute atomic E-state index is 0.0974. The molecule has 5 nitrogen and oxygen atoms in total. The third kappa shape index (κ3) is 2.50. The lowest BCUT2D eigenvalue weighted by Gasteiger charge is -2.23. The van der Waals surface area contributed by atoms with Crippen LogP contribution in [0.15, 0.2) is 30.6 Å². The number of nitriles is 2. The summed E-state index contributed by atoms with van der Waals surface area (Å²) >= 11 is 6.00. The molecule has 0 spiro atoms. The first-order valence-electron chi connectivity index (χ1n) is 5.96. The minimum Gasteiger partial charge on any atom is -0.326 e. The van der Waals surface area contributed by atoms with Crippen molar-refractivity contribution in [3.8, 4) is 12.1 Å². The van der Waals surface area contributed by atoms with E-state index in [4.69, 9.17) is 22.6 Å². The van der Waals surface area contributed by atoms with Crippen molar-refractivity contribution in [1.29, 1.82) is 10.5 Å². The van der Waals surface area contributed by atoms with Gasteiger partial charge in [-0.2, -0.15) is 10.5 Å². The molecule has 2 rings (SSSR count). The van der Waals surface area contributed by atoms with Crippen LogP contribution in [0.3, 0.4) is 0 Å². The van der Waals surface area contributed by atoms with Gasteiger partial charge in [0.25, 0.3) is 0 Å². The maximum atomic E-state index is 9.22. The monoisotopic (exact) mass is 285 g/mol. The zero-order valence-electron chi connectivity index (χ0n) is 10.8. The van der Waals surface area contributed by atoms with Gasteiger partial charge in [0.2, 0.25) is 0 Å². The molecule has 6 heteroatoms. The molecular weight excluding hydrogens is 274 g/mol. The van der Waals surface area contributed by atoms with Crippen LogP contribution in [0.5, 0.6) is 0 Å².